The van der Waals surface area contributed by atoms with Crippen molar-refractivity contribution in [2.45, 2.75) is 51.7 Å². The number of rotatable bonds is 9. The van der Waals surface area contributed by atoms with Gasteiger partial charge < -0.3 is 19.5 Å². The maximum atomic E-state index is 12.2. The van der Waals surface area contributed by atoms with Gasteiger partial charge in [0.05, 0.1) is 23.4 Å². The van der Waals surface area contributed by atoms with Crippen LogP contribution in [-0.4, -0.2) is 61.7 Å². The summed E-state index contributed by atoms with van der Waals surface area (Å²) in [7, 11) is 3.40. The molecule has 1 fully saturated rings. The maximum absolute atomic E-state index is 12.2. The summed E-state index contributed by atoms with van der Waals surface area (Å²) < 4.78 is 13.1. The molecule has 1 N–H and O–H groups in total. The lowest BCUT2D eigenvalue weighted by Crippen LogP contribution is -2.29. The molecule has 1 amide bonds. The Morgan fingerprint density at radius 2 is 2.15 bits per heavy atom. The molecular weight excluding hydrogens is 426 g/mol. The molecule has 1 aliphatic carbocycles. The van der Waals surface area contributed by atoms with E-state index in [-0.39, 0.29) is 18.6 Å². The Bertz CT molecular complexity index is 1010. The number of aryl methyl sites for hydroxylation is 2. The van der Waals surface area contributed by atoms with Crippen LogP contribution >= 0.6 is 0 Å². The topological polar surface area (TPSA) is 120 Å². The highest BCUT2D eigenvalue weighted by atomic mass is 16.6. The summed E-state index contributed by atoms with van der Waals surface area (Å²) >= 11 is 0. The average molecular weight is 458 g/mol. The molecule has 2 aromatic rings. The van der Waals surface area contributed by atoms with Gasteiger partial charge in [0.15, 0.2) is 0 Å². The van der Waals surface area contributed by atoms with Crippen LogP contribution in [0.3, 0.4) is 0 Å². The molecule has 0 bridgehead atoms. The predicted octanol–water partition coefficient (Wildman–Crippen LogP) is 3.35. The first-order valence-electron chi connectivity index (χ1n) is 11.0. The summed E-state index contributed by atoms with van der Waals surface area (Å²) in [5.41, 5.74) is 2.41. The van der Waals surface area contributed by atoms with Gasteiger partial charge in [-0.05, 0) is 51.2 Å². The lowest BCUT2D eigenvalue weighted by Gasteiger charge is -2.27. The van der Waals surface area contributed by atoms with Crippen molar-refractivity contribution in [1.82, 2.24) is 24.9 Å². The first-order valence-corrected chi connectivity index (χ1v) is 11.0. The first-order chi connectivity index (χ1) is 15.8. The minimum atomic E-state index is -0.767. The molecule has 0 unspecified atom stereocenters. The Morgan fingerprint density at radius 3 is 2.85 bits per heavy atom. The number of hydrogen-bond donors (Lipinski definition) is 1. The molecule has 1 saturated carbocycles. The van der Waals surface area contributed by atoms with E-state index in [9.17, 15) is 14.7 Å². The second-order valence-electron chi connectivity index (χ2n) is 8.28. The Morgan fingerprint density at radius 1 is 1.36 bits per heavy atom. The molecule has 0 aliphatic heterocycles. The van der Waals surface area contributed by atoms with Gasteiger partial charge in [0, 0.05) is 20.6 Å². The van der Waals surface area contributed by atoms with Gasteiger partial charge in [0.1, 0.15) is 23.7 Å². The van der Waals surface area contributed by atoms with E-state index in [1.807, 2.05) is 13.0 Å². The fraction of sp³-hybridized carbons (Fsp3) is 0.522. The number of carbonyl (C=O) groups excluding carboxylic acids is 1. The van der Waals surface area contributed by atoms with Gasteiger partial charge in [-0.3, -0.25) is 4.79 Å². The highest BCUT2D eigenvalue weighted by molar-refractivity contribution is 5.70. The third-order valence-electron chi connectivity index (χ3n) is 5.80. The zero-order valence-corrected chi connectivity index (χ0v) is 19.4. The molecule has 3 rings (SSSR count). The smallest absolute Gasteiger partial charge is 0.409 e. The van der Waals surface area contributed by atoms with Crippen molar-refractivity contribution in [3.63, 3.8) is 0 Å². The van der Waals surface area contributed by atoms with E-state index in [1.165, 1.54) is 4.90 Å². The summed E-state index contributed by atoms with van der Waals surface area (Å²) in [4.78, 5) is 29.6. The summed E-state index contributed by atoms with van der Waals surface area (Å²) in [5, 5.41) is 17.6. The van der Waals surface area contributed by atoms with E-state index in [4.69, 9.17) is 9.47 Å². The number of carbonyl (C=O) groups is 2. The number of amides is 1. The number of hydrogen-bond acceptors (Lipinski definition) is 7. The van der Waals surface area contributed by atoms with Gasteiger partial charge in [-0.1, -0.05) is 11.3 Å². The van der Waals surface area contributed by atoms with Crippen molar-refractivity contribution in [3.8, 4) is 17.1 Å². The van der Waals surface area contributed by atoms with Crippen molar-refractivity contribution in [2.24, 2.45) is 13.0 Å². The lowest BCUT2D eigenvalue weighted by molar-refractivity contribution is -0.143. The van der Waals surface area contributed by atoms with Crippen molar-refractivity contribution >= 4 is 12.1 Å². The van der Waals surface area contributed by atoms with Crippen LogP contribution in [0.15, 0.2) is 24.8 Å². The second kappa shape index (κ2) is 10.9. The highest BCUT2D eigenvalue weighted by Gasteiger charge is 2.28. The van der Waals surface area contributed by atoms with Gasteiger partial charge in [0.2, 0.25) is 0 Å². The Balaban J connectivity index is 1.69. The Hall–Kier alpha value is -3.43. The van der Waals surface area contributed by atoms with E-state index in [1.54, 1.807) is 30.9 Å². The molecule has 1 aliphatic rings. The molecule has 2 heterocycles. The van der Waals surface area contributed by atoms with Crippen LogP contribution in [-0.2, 0) is 23.2 Å². The Kier molecular flexibility index (Phi) is 8.02. The van der Waals surface area contributed by atoms with Crippen LogP contribution in [0, 0.1) is 12.8 Å². The number of ether oxygens (including phenoxy) is 2. The minimum Gasteiger partial charge on any atom is -0.489 e. The van der Waals surface area contributed by atoms with Crippen LogP contribution in [0.5, 0.6) is 5.75 Å². The van der Waals surface area contributed by atoms with Crippen molar-refractivity contribution < 1.29 is 24.2 Å². The number of carboxylic acids is 1. The summed E-state index contributed by atoms with van der Waals surface area (Å²) in [6.07, 6.45) is 4.68. The molecule has 33 heavy (non-hydrogen) atoms. The Labute approximate surface area is 193 Å². The molecule has 10 nitrogen and oxygen atoms in total. The van der Waals surface area contributed by atoms with Crippen LogP contribution < -0.4 is 4.74 Å². The van der Waals surface area contributed by atoms with Gasteiger partial charge in [-0.15, -0.1) is 11.7 Å². The number of aliphatic carboxylic acids is 1. The molecule has 0 saturated heterocycles. The SMILES string of the molecule is C=CCCN(C)C(=O)OCc1c(-c2ccc(O[C@H]3CCC[C@H](C(=O)O)C3)c(C)n2)nnn1C. The lowest BCUT2D eigenvalue weighted by atomic mass is 9.87. The highest BCUT2D eigenvalue weighted by Crippen LogP contribution is 2.30. The van der Waals surface area contributed by atoms with E-state index in [0.717, 1.165) is 12.8 Å². The molecule has 0 aromatic carbocycles. The molecule has 0 radical (unpaired) electrons. The maximum Gasteiger partial charge on any atom is 0.409 e. The van der Waals surface area contributed by atoms with E-state index in [2.05, 4.69) is 21.9 Å². The van der Waals surface area contributed by atoms with Gasteiger partial charge >= 0.3 is 12.1 Å². The van der Waals surface area contributed by atoms with Crippen molar-refractivity contribution in [2.75, 3.05) is 13.6 Å². The van der Waals surface area contributed by atoms with E-state index in [0.29, 0.717) is 54.3 Å². The average Bonchev–Trinajstić information content (AvgIpc) is 3.17. The largest absolute Gasteiger partial charge is 0.489 e. The standard InChI is InChI=1S/C23H31N5O5/c1-5-6-12-27(3)23(31)32-14-19-21(25-26-28(19)4)18-10-11-20(15(2)24-18)33-17-9-7-8-16(13-17)22(29)30/h5,10-11,16-17H,1,6-9,12-14H2,2-4H3,(H,29,30)/t16-,17-/m0/s1. The third kappa shape index (κ3) is 6.09. The monoisotopic (exact) mass is 457 g/mol. The molecule has 2 atom stereocenters. The quantitative estimate of drug-likeness (QED) is 0.569. The van der Waals surface area contributed by atoms with Gasteiger partial charge in [-0.25, -0.2) is 14.5 Å². The van der Waals surface area contributed by atoms with Gasteiger partial charge in [-0.2, -0.15) is 0 Å². The predicted molar refractivity (Wildman–Crippen MR) is 121 cm³/mol. The molecule has 10 heteroatoms. The molecular formula is C23H31N5O5. The van der Waals surface area contributed by atoms with Crippen LogP contribution in [0.1, 0.15) is 43.5 Å². The number of carboxylic acid groups (broad SMARTS) is 1. The number of pyridine rings is 1. The van der Waals surface area contributed by atoms with E-state index >= 15 is 0 Å². The zero-order chi connectivity index (χ0) is 24.0. The zero-order valence-electron chi connectivity index (χ0n) is 19.4. The minimum absolute atomic E-state index is 0.00766. The van der Waals surface area contributed by atoms with E-state index < -0.39 is 12.1 Å². The number of aromatic nitrogens is 4. The second-order valence-corrected chi connectivity index (χ2v) is 8.28. The van der Waals surface area contributed by atoms with Crippen LogP contribution in [0.25, 0.3) is 11.4 Å². The number of nitrogens with zero attached hydrogens (tertiary/aromatic N) is 5. The summed E-state index contributed by atoms with van der Waals surface area (Å²) in [6, 6.07) is 3.60. The first kappa shape index (κ1) is 24.2. The normalized spacial score (nSPS) is 17.9. The van der Waals surface area contributed by atoms with Gasteiger partial charge in [0.25, 0.3) is 0 Å². The fourth-order valence-corrected chi connectivity index (χ4v) is 3.81. The van der Waals surface area contributed by atoms with Crippen LogP contribution in [0.2, 0.25) is 0 Å². The van der Waals surface area contributed by atoms with Crippen LogP contribution in [0.4, 0.5) is 4.79 Å². The van der Waals surface area contributed by atoms with Crippen molar-refractivity contribution in [1.29, 1.82) is 0 Å². The molecule has 2 aromatic heterocycles. The van der Waals surface area contributed by atoms with Crippen molar-refractivity contribution in [3.05, 3.63) is 36.2 Å². The third-order valence-corrected chi connectivity index (χ3v) is 5.80. The fourth-order valence-electron chi connectivity index (χ4n) is 3.81. The summed E-state index contributed by atoms with van der Waals surface area (Å²) in [6.45, 7) is 6.02. The molecule has 178 valence electrons. The summed E-state index contributed by atoms with van der Waals surface area (Å²) in [5.74, 6) is -0.510. The molecule has 0 spiro atoms.